The number of anilines is 1. The van der Waals surface area contributed by atoms with Crippen LogP contribution in [0.15, 0.2) is 53.4 Å². The molecule has 2 aromatic carbocycles. The maximum Gasteiger partial charge on any atom is 0.298 e. The minimum atomic E-state index is -0.337. The van der Waals surface area contributed by atoms with Crippen LogP contribution in [0.2, 0.25) is 0 Å². The average Bonchev–Trinajstić information content (AvgIpc) is 2.89. The summed E-state index contributed by atoms with van der Waals surface area (Å²) in [4.78, 5) is 26.6. The van der Waals surface area contributed by atoms with Crippen molar-refractivity contribution < 1.29 is 14.0 Å². The van der Waals surface area contributed by atoms with E-state index < -0.39 is 0 Å². The lowest BCUT2D eigenvalue weighted by atomic mass is 10.1. The summed E-state index contributed by atoms with van der Waals surface area (Å²) < 4.78 is 13.1. The van der Waals surface area contributed by atoms with E-state index in [2.05, 4.69) is 0 Å². The smallest absolute Gasteiger partial charge is 0.268 e. The minimum Gasteiger partial charge on any atom is -0.268 e. The first-order chi connectivity index (χ1) is 11.5. The zero-order valence-electron chi connectivity index (χ0n) is 13.4. The summed E-state index contributed by atoms with van der Waals surface area (Å²) in [6, 6.07) is 13.3. The van der Waals surface area contributed by atoms with Gasteiger partial charge in [-0.2, -0.15) is 0 Å². The molecular weight excluding hydrogens is 325 g/mol. The molecule has 0 unspecified atom stereocenters. The van der Waals surface area contributed by atoms with Crippen LogP contribution in [-0.4, -0.2) is 11.1 Å². The third kappa shape index (κ3) is 2.99. The van der Waals surface area contributed by atoms with E-state index in [4.69, 9.17) is 0 Å². The molecule has 0 radical (unpaired) electrons. The van der Waals surface area contributed by atoms with Gasteiger partial charge in [0.05, 0.1) is 10.6 Å². The van der Waals surface area contributed by atoms with Crippen molar-refractivity contribution in [3.8, 4) is 0 Å². The van der Waals surface area contributed by atoms with Crippen molar-refractivity contribution in [3.05, 3.63) is 70.4 Å². The second-order valence-corrected chi connectivity index (χ2v) is 6.45. The molecule has 0 bridgehead atoms. The Morgan fingerprint density at radius 3 is 2.25 bits per heavy atom. The maximum atomic E-state index is 13.1. The normalized spacial score (nSPS) is 16.7. The number of thioether (sulfide) groups is 1. The van der Waals surface area contributed by atoms with E-state index >= 15 is 0 Å². The van der Waals surface area contributed by atoms with Crippen LogP contribution in [-0.2, 0) is 11.2 Å². The summed E-state index contributed by atoms with van der Waals surface area (Å²) in [5, 5.41) is -0.319. The molecule has 0 saturated carbocycles. The second kappa shape index (κ2) is 6.61. The van der Waals surface area contributed by atoms with E-state index in [1.807, 2.05) is 19.1 Å². The zero-order valence-corrected chi connectivity index (χ0v) is 14.2. The molecule has 3 rings (SSSR count). The van der Waals surface area contributed by atoms with E-state index in [-0.39, 0.29) is 17.0 Å². The Bertz CT molecular complexity index is 825. The quantitative estimate of drug-likeness (QED) is 0.736. The predicted molar refractivity (Wildman–Crippen MR) is 95.3 cm³/mol. The highest BCUT2D eigenvalue weighted by Gasteiger charge is 2.37. The number of carbonyl (C=O) groups is 2. The number of hydrogen-bond donors (Lipinski definition) is 0. The molecule has 1 fully saturated rings. The molecular formula is C19H16FNO2S. The fourth-order valence-corrected chi connectivity index (χ4v) is 3.44. The molecule has 1 heterocycles. The monoisotopic (exact) mass is 341 g/mol. The van der Waals surface area contributed by atoms with E-state index in [0.717, 1.165) is 29.3 Å². The lowest BCUT2D eigenvalue weighted by Crippen LogP contribution is -2.27. The number of nitrogens with zero attached hydrogens (tertiary/aromatic N) is 1. The number of amides is 2. The van der Waals surface area contributed by atoms with Crippen LogP contribution in [0.5, 0.6) is 0 Å². The van der Waals surface area contributed by atoms with Crippen molar-refractivity contribution in [2.24, 2.45) is 0 Å². The van der Waals surface area contributed by atoms with Gasteiger partial charge in [-0.25, -0.2) is 9.29 Å². The standard InChI is InChI=1S/C19H16FNO2S/c1-3-13-4-10-16(11-5-13)21-18(22)17(24-19(21)23)12(2)14-6-8-15(20)9-7-14/h4-11H,3H2,1-2H3/b17-12-. The molecule has 0 spiro atoms. The van der Waals surface area contributed by atoms with Crippen LogP contribution in [0.1, 0.15) is 25.0 Å². The number of rotatable bonds is 3. The van der Waals surface area contributed by atoms with Crippen LogP contribution < -0.4 is 4.90 Å². The van der Waals surface area contributed by atoms with Gasteiger partial charge in [-0.3, -0.25) is 9.59 Å². The van der Waals surface area contributed by atoms with E-state index in [9.17, 15) is 14.0 Å². The maximum absolute atomic E-state index is 13.1. The van der Waals surface area contributed by atoms with Crippen molar-refractivity contribution in [1.29, 1.82) is 0 Å². The van der Waals surface area contributed by atoms with E-state index in [0.29, 0.717) is 16.2 Å². The summed E-state index contributed by atoms with van der Waals surface area (Å²) in [6.45, 7) is 3.81. The second-order valence-electron chi connectivity index (χ2n) is 5.49. The Balaban J connectivity index is 1.95. The van der Waals surface area contributed by atoms with Crippen LogP contribution in [0.4, 0.5) is 14.9 Å². The molecule has 2 amide bonds. The Labute approximate surface area is 144 Å². The topological polar surface area (TPSA) is 37.4 Å². The van der Waals surface area contributed by atoms with Crippen molar-refractivity contribution in [2.45, 2.75) is 20.3 Å². The molecule has 24 heavy (non-hydrogen) atoms. The number of carbonyl (C=O) groups excluding carboxylic acids is 2. The SMILES string of the molecule is CCc1ccc(N2C(=O)S/C(=C(/C)c3ccc(F)cc3)C2=O)cc1. The molecule has 1 aliphatic heterocycles. The van der Waals surface area contributed by atoms with Gasteiger partial charge in [-0.05, 0) is 66.1 Å². The molecule has 1 aliphatic rings. The predicted octanol–water partition coefficient (Wildman–Crippen LogP) is 5.02. The number of aryl methyl sites for hydroxylation is 1. The molecule has 0 aromatic heterocycles. The van der Waals surface area contributed by atoms with Crippen molar-refractivity contribution >= 4 is 34.2 Å². The van der Waals surface area contributed by atoms with Crippen LogP contribution in [0, 0.1) is 5.82 Å². The van der Waals surface area contributed by atoms with Crippen molar-refractivity contribution in [3.63, 3.8) is 0 Å². The Morgan fingerprint density at radius 2 is 1.67 bits per heavy atom. The summed E-state index contributed by atoms with van der Waals surface area (Å²) in [5.74, 6) is -0.674. The number of hydrogen-bond acceptors (Lipinski definition) is 3. The lowest BCUT2D eigenvalue weighted by Gasteiger charge is -2.13. The molecule has 0 aliphatic carbocycles. The third-order valence-electron chi connectivity index (χ3n) is 3.99. The first kappa shape index (κ1) is 16.5. The van der Waals surface area contributed by atoms with Crippen LogP contribution in [0.3, 0.4) is 0 Å². The molecule has 2 aromatic rings. The fourth-order valence-electron chi connectivity index (χ4n) is 2.53. The van der Waals surface area contributed by atoms with Gasteiger partial charge in [0.15, 0.2) is 0 Å². The Morgan fingerprint density at radius 1 is 1.04 bits per heavy atom. The minimum absolute atomic E-state index is 0.319. The van der Waals surface area contributed by atoms with Gasteiger partial charge >= 0.3 is 0 Å². The highest BCUT2D eigenvalue weighted by molar-refractivity contribution is 8.19. The highest BCUT2D eigenvalue weighted by atomic mass is 32.2. The molecule has 3 nitrogen and oxygen atoms in total. The molecule has 5 heteroatoms. The largest absolute Gasteiger partial charge is 0.298 e. The van der Waals surface area contributed by atoms with Crippen molar-refractivity contribution in [2.75, 3.05) is 4.90 Å². The molecule has 122 valence electrons. The number of halogens is 1. The van der Waals surface area contributed by atoms with Gasteiger partial charge in [0.2, 0.25) is 0 Å². The summed E-state index contributed by atoms with van der Waals surface area (Å²) >= 11 is 0.917. The van der Waals surface area contributed by atoms with Gasteiger partial charge in [-0.15, -0.1) is 0 Å². The summed E-state index contributed by atoms with van der Waals surface area (Å²) in [7, 11) is 0. The Kier molecular flexibility index (Phi) is 4.53. The summed E-state index contributed by atoms with van der Waals surface area (Å²) in [5.41, 5.74) is 3.11. The third-order valence-corrected chi connectivity index (χ3v) is 5.03. The molecule has 0 N–H and O–H groups in total. The number of allylic oxidation sites excluding steroid dienone is 1. The fraction of sp³-hybridized carbons (Fsp3) is 0.158. The summed E-state index contributed by atoms with van der Waals surface area (Å²) in [6.07, 6.45) is 0.895. The Hall–Kier alpha value is -2.40. The highest BCUT2D eigenvalue weighted by Crippen LogP contribution is 2.38. The van der Waals surface area contributed by atoms with Gasteiger partial charge < -0.3 is 0 Å². The molecule has 1 saturated heterocycles. The first-order valence-corrected chi connectivity index (χ1v) is 8.45. The zero-order chi connectivity index (χ0) is 17.3. The molecule has 0 atom stereocenters. The average molecular weight is 341 g/mol. The van der Waals surface area contributed by atoms with E-state index in [1.54, 1.807) is 31.2 Å². The van der Waals surface area contributed by atoms with Crippen LogP contribution in [0.25, 0.3) is 5.57 Å². The van der Waals surface area contributed by atoms with E-state index in [1.165, 1.54) is 17.0 Å². The van der Waals surface area contributed by atoms with Gasteiger partial charge in [0, 0.05) is 0 Å². The number of benzene rings is 2. The lowest BCUT2D eigenvalue weighted by molar-refractivity contribution is -0.113. The van der Waals surface area contributed by atoms with Gasteiger partial charge in [0.1, 0.15) is 5.82 Å². The first-order valence-electron chi connectivity index (χ1n) is 7.63. The van der Waals surface area contributed by atoms with Crippen molar-refractivity contribution in [1.82, 2.24) is 0 Å². The van der Waals surface area contributed by atoms with Gasteiger partial charge in [0.25, 0.3) is 11.1 Å². The van der Waals surface area contributed by atoms with Gasteiger partial charge in [-0.1, -0.05) is 31.2 Å². The van der Waals surface area contributed by atoms with Crippen LogP contribution >= 0.6 is 11.8 Å². The number of imide groups is 1.